The van der Waals surface area contributed by atoms with E-state index >= 15 is 0 Å². The zero-order valence-electron chi connectivity index (χ0n) is 13.8. The highest BCUT2D eigenvalue weighted by atomic mass is 32.2. The van der Waals surface area contributed by atoms with Gasteiger partial charge >= 0.3 is 5.97 Å². The first-order valence-electron chi connectivity index (χ1n) is 7.03. The molecule has 8 heteroatoms. The van der Waals surface area contributed by atoms with Gasteiger partial charge in [0.1, 0.15) is 10.6 Å². The van der Waals surface area contributed by atoms with Crippen LogP contribution in [0.5, 0.6) is 5.75 Å². The minimum absolute atomic E-state index is 0.00190. The third-order valence-corrected chi connectivity index (χ3v) is 4.92. The van der Waals surface area contributed by atoms with Gasteiger partial charge in [-0.2, -0.15) is 0 Å². The summed E-state index contributed by atoms with van der Waals surface area (Å²) in [5.41, 5.74) is -0.212. The molecule has 0 aliphatic carbocycles. The second kappa shape index (κ2) is 7.76. The second-order valence-corrected chi connectivity index (χ2v) is 7.45. The van der Waals surface area contributed by atoms with Crippen LogP contribution in [0.25, 0.3) is 0 Å². The van der Waals surface area contributed by atoms with Crippen molar-refractivity contribution in [2.24, 2.45) is 0 Å². The number of nitrogens with one attached hydrogen (secondary N) is 1. The van der Waals surface area contributed by atoms with Gasteiger partial charge in [-0.3, -0.25) is 4.79 Å². The van der Waals surface area contributed by atoms with Crippen molar-refractivity contribution < 1.29 is 27.8 Å². The van der Waals surface area contributed by atoms with Crippen molar-refractivity contribution >= 4 is 16.0 Å². The summed E-state index contributed by atoms with van der Waals surface area (Å²) in [6.07, 6.45) is 0.0397. The lowest BCUT2D eigenvalue weighted by molar-refractivity contribution is -0.137. The van der Waals surface area contributed by atoms with Crippen molar-refractivity contribution in [3.05, 3.63) is 23.8 Å². The monoisotopic (exact) mass is 345 g/mol. The SMILES string of the molecule is COCc1ccc(OC)c(S(=O)(=O)NC(C)(C)CCC(=O)O)c1. The van der Waals surface area contributed by atoms with Gasteiger partial charge < -0.3 is 14.6 Å². The number of benzene rings is 1. The average molecular weight is 345 g/mol. The predicted octanol–water partition coefficient (Wildman–Crippen LogP) is 1.76. The highest BCUT2D eigenvalue weighted by Crippen LogP contribution is 2.27. The smallest absolute Gasteiger partial charge is 0.303 e. The van der Waals surface area contributed by atoms with Crippen LogP contribution < -0.4 is 9.46 Å². The molecule has 2 N–H and O–H groups in total. The van der Waals surface area contributed by atoms with Crippen molar-refractivity contribution in [3.63, 3.8) is 0 Å². The first-order valence-corrected chi connectivity index (χ1v) is 8.51. The third kappa shape index (κ3) is 5.81. The summed E-state index contributed by atoms with van der Waals surface area (Å²) in [4.78, 5) is 10.7. The molecule has 0 fully saturated rings. The van der Waals surface area contributed by atoms with Gasteiger partial charge in [0.25, 0.3) is 0 Å². The number of carbonyl (C=O) groups is 1. The van der Waals surface area contributed by atoms with Crippen molar-refractivity contribution in [3.8, 4) is 5.75 Å². The van der Waals surface area contributed by atoms with E-state index in [2.05, 4.69) is 4.72 Å². The molecule has 0 aliphatic rings. The molecule has 0 saturated carbocycles. The summed E-state index contributed by atoms with van der Waals surface area (Å²) < 4.78 is 38.0. The van der Waals surface area contributed by atoms with E-state index in [4.69, 9.17) is 14.6 Å². The van der Waals surface area contributed by atoms with Crippen LogP contribution >= 0.6 is 0 Å². The van der Waals surface area contributed by atoms with Gasteiger partial charge in [-0.05, 0) is 38.0 Å². The largest absolute Gasteiger partial charge is 0.495 e. The summed E-state index contributed by atoms with van der Waals surface area (Å²) in [7, 11) is -0.965. The van der Waals surface area contributed by atoms with E-state index in [0.29, 0.717) is 5.56 Å². The number of ether oxygens (including phenoxy) is 2. The maximum atomic E-state index is 12.6. The van der Waals surface area contributed by atoms with Crippen molar-refractivity contribution in [2.45, 2.75) is 43.7 Å². The highest BCUT2D eigenvalue weighted by molar-refractivity contribution is 7.89. The van der Waals surface area contributed by atoms with Crippen LogP contribution in [0.4, 0.5) is 0 Å². The number of hydrogen-bond acceptors (Lipinski definition) is 5. The minimum atomic E-state index is -3.87. The van der Waals surface area contributed by atoms with Gasteiger partial charge in [0, 0.05) is 19.1 Å². The van der Waals surface area contributed by atoms with E-state index in [1.807, 2.05) is 0 Å². The fraction of sp³-hybridized carbons (Fsp3) is 0.533. The number of hydrogen-bond donors (Lipinski definition) is 2. The summed E-state index contributed by atoms with van der Waals surface area (Å²) >= 11 is 0. The molecule has 0 unspecified atom stereocenters. The van der Waals surface area contributed by atoms with E-state index in [0.717, 1.165) is 0 Å². The van der Waals surface area contributed by atoms with Gasteiger partial charge in [-0.25, -0.2) is 13.1 Å². The highest BCUT2D eigenvalue weighted by Gasteiger charge is 2.29. The molecule has 0 saturated heterocycles. The third-order valence-electron chi connectivity index (χ3n) is 3.20. The topological polar surface area (TPSA) is 102 Å². The zero-order valence-corrected chi connectivity index (χ0v) is 14.6. The molecule has 1 aromatic rings. The van der Waals surface area contributed by atoms with E-state index in [9.17, 15) is 13.2 Å². The first kappa shape index (κ1) is 19.4. The average Bonchev–Trinajstić information content (AvgIpc) is 2.44. The molecule has 130 valence electrons. The Morgan fingerprint density at radius 3 is 2.48 bits per heavy atom. The maximum Gasteiger partial charge on any atom is 0.303 e. The first-order chi connectivity index (χ1) is 10.6. The fourth-order valence-corrected chi connectivity index (χ4v) is 3.74. The van der Waals surface area contributed by atoms with Gasteiger partial charge in [-0.15, -0.1) is 0 Å². The van der Waals surface area contributed by atoms with E-state index in [1.165, 1.54) is 20.3 Å². The van der Waals surface area contributed by atoms with E-state index < -0.39 is 21.5 Å². The van der Waals surface area contributed by atoms with Crippen LogP contribution in [0.1, 0.15) is 32.3 Å². The molecule has 0 heterocycles. The molecule has 0 amide bonds. The van der Waals surface area contributed by atoms with Gasteiger partial charge in [-0.1, -0.05) is 6.07 Å². The van der Waals surface area contributed by atoms with Crippen LogP contribution in [-0.4, -0.2) is 39.3 Å². The Morgan fingerprint density at radius 2 is 1.96 bits per heavy atom. The van der Waals surface area contributed by atoms with Crippen molar-refractivity contribution in [1.29, 1.82) is 0 Å². The summed E-state index contributed by atoms with van der Waals surface area (Å²) in [5.74, 6) is -0.761. The lowest BCUT2D eigenvalue weighted by Crippen LogP contribution is -2.43. The lowest BCUT2D eigenvalue weighted by Gasteiger charge is -2.26. The molecule has 0 bridgehead atoms. The Hall–Kier alpha value is -1.64. The van der Waals surface area contributed by atoms with Crippen molar-refractivity contribution in [2.75, 3.05) is 14.2 Å². The molecule has 0 aliphatic heterocycles. The van der Waals surface area contributed by atoms with Gasteiger partial charge in [0.15, 0.2) is 0 Å². The fourth-order valence-electron chi connectivity index (χ4n) is 2.08. The lowest BCUT2D eigenvalue weighted by atomic mass is 10.0. The molecule has 0 aromatic heterocycles. The number of carboxylic acid groups (broad SMARTS) is 1. The normalized spacial score (nSPS) is 12.2. The number of rotatable bonds is 9. The van der Waals surface area contributed by atoms with Crippen molar-refractivity contribution in [1.82, 2.24) is 4.72 Å². The minimum Gasteiger partial charge on any atom is -0.495 e. The molecule has 23 heavy (non-hydrogen) atoms. The molecule has 0 atom stereocenters. The Morgan fingerprint density at radius 1 is 1.30 bits per heavy atom. The van der Waals surface area contributed by atoms with E-state index in [1.54, 1.807) is 26.0 Å². The van der Waals surface area contributed by atoms with Gasteiger partial charge in [0.05, 0.1) is 13.7 Å². The Kier molecular flexibility index (Phi) is 6.55. The predicted molar refractivity (Wildman–Crippen MR) is 85.0 cm³/mol. The maximum absolute atomic E-state index is 12.6. The molecule has 0 spiro atoms. The van der Waals surface area contributed by atoms with Crippen LogP contribution in [0.3, 0.4) is 0 Å². The summed E-state index contributed by atoms with van der Waals surface area (Å²) in [6.45, 7) is 3.55. The molecular weight excluding hydrogens is 322 g/mol. The zero-order chi connectivity index (χ0) is 17.7. The van der Waals surface area contributed by atoms with Crippen LogP contribution in [0.2, 0.25) is 0 Å². The standard InChI is InChI=1S/C15H23NO6S/c1-15(2,8-7-14(17)18)16-23(19,20)13-9-11(10-21-3)5-6-12(13)22-4/h5-6,9,16H,7-8,10H2,1-4H3,(H,17,18). The van der Waals surface area contributed by atoms with Crippen LogP contribution in [-0.2, 0) is 26.2 Å². The quantitative estimate of drug-likeness (QED) is 0.707. The number of methoxy groups -OCH3 is 2. The Bertz CT molecular complexity index is 654. The number of sulfonamides is 1. The molecule has 0 radical (unpaired) electrons. The van der Waals surface area contributed by atoms with Gasteiger partial charge in [0.2, 0.25) is 10.0 Å². The number of aliphatic carboxylic acids is 1. The molecule has 1 rings (SSSR count). The number of carboxylic acids is 1. The van der Waals surface area contributed by atoms with E-state index in [-0.39, 0.29) is 30.1 Å². The molecular formula is C15H23NO6S. The second-order valence-electron chi connectivity index (χ2n) is 5.80. The van der Waals surface area contributed by atoms with Crippen LogP contribution in [0, 0.1) is 0 Å². The Labute approximate surface area is 136 Å². The van der Waals surface area contributed by atoms with Crippen LogP contribution in [0.15, 0.2) is 23.1 Å². The summed E-state index contributed by atoms with van der Waals surface area (Å²) in [6, 6.07) is 4.77. The summed E-state index contributed by atoms with van der Waals surface area (Å²) in [5, 5.41) is 8.76. The Balaban J connectivity index is 3.11. The molecule has 1 aromatic carbocycles. The molecule has 7 nitrogen and oxygen atoms in total.